The molecule has 2 rings (SSSR count). The normalized spacial score (nSPS) is 10.1. The predicted molar refractivity (Wildman–Crippen MR) is 119 cm³/mol. The molecule has 0 spiro atoms. The summed E-state index contributed by atoms with van der Waals surface area (Å²) in [5.41, 5.74) is -1.09. The molecule has 0 atom stereocenters. The number of esters is 3. The number of hydrogen-bond donors (Lipinski definition) is 2. The first-order chi connectivity index (χ1) is 16.5. The van der Waals surface area contributed by atoms with Gasteiger partial charge in [0, 0.05) is 5.57 Å². The van der Waals surface area contributed by atoms with E-state index in [1.54, 1.807) is 6.92 Å². The molecule has 0 aliphatic heterocycles. The minimum absolute atomic E-state index is 0.00134. The largest absolute Gasteiger partial charge is 0.478 e. The van der Waals surface area contributed by atoms with E-state index in [1.807, 2.05) is 0 Å². The summed E-state index contributed by atoms with van der Waals surface area (Å²) >= 11 is 0. The maximum atomic E-state index is 12.3. The van der Waals surface area contributed by atoms with Crippen LogP contribution in [0.5, 0.6) is 11.5 Å². The number of carbonyl (C=O) groups is 5. The Kier molecular flexibility index (Phi) is 9.10. The summed E-state index contributed by atoms with van der Waals surface area (Å²) in [4.78, 5) is 58.8. The zero-order valence-corrected chi connectivity index (χ0v) is 18.9. The van der Waals surface area contributed by atoms with Gasteiger partial charge < -0.3 is 29.2 Å². The molecule has 0 saturated carbocycles. The van der Waals surface area contributed by atoms with Crippen molar-refractivity contribution in [3.63, 3.8) is 0 Å². The van der Waals surface area contributed by atoms with Gasteiger partial charge in [0.05, 0.1) is 28.9 Å². The van der Waals surface area contributed by atoms with E-state index in [1.165, 1.54) is 25.1 Å². The summed E-state index contributed by atoms with van der Waals surface area (Å²) in [6, 6.07) is 7.11. The summed E-state index contributed by atoms with van der Waals surface area (Å²) in [6.07, 6.45) is 0. The van der Waals surface area contributed by atoms with Gasteiger partial charge in [-0.2, -0.15) is 0 Å². The van der Waals surface area contributed by atoms with E-state index in [0.717, 1.165) is 18.2 Å². The van der Waals surface area contributed by atoms with Gasteiger partial charge in [-0.15, -0.1) is 0 Å². The van der Waals surface area contributed by atoms with Crippen LogP contribution >= 0.6 is 0 Å². The molecule has 0 aliphatic carbocycles. The maximum absolute atomic E-state index is 12.3. The second kappa shape index (κ2) is 12.0. The lowest BCUT2D eigenvalue weighted by molar-refractivity contribution is -0.140. The Morgan fingerprint density at radius 3 is 1.63 bits per heavy atom. The molecule has 11 heteroatoms. The summed E-state index contributed by atoms with van der Waals surface area (Å²) in [5, 5.41) is 18.9. The van der Waals surface area contributed by atoms with Gasteiger partial charge in [0.1, 0.15) is 24.7 Å². The van der Waals surface area contributed by atoms with E-state index in [-0.39, 0.29) is 53.6 Å². The Balaban J connectivity index is 2.20. The van der Waals surface area contributed by atoms with Crippen LogP contribution in [-0.2, 0) is 19.0 Å². The average Bonchev–Trinajstić information content (AvgIpc) is 2.81. The van der Waals surface area contributed by atoms with Crippen molar-refractivity contribution < 1.29 is 53.1 Å². The third-order valence-electron chi connectivity index (χ3n) is 4.29. The van der Waals surface area contributed by atoms with E-state index >= 15 is 0 Å². The highest BCUT2D eigenvalue weighted by Crippen LogP contribution is 2.27. The molecule has 2 N–H and O–H groups in total. The van der Waals surface area contributed by atoms with Crippen molar-refractivity contribution in [3.8, 4) is 11.5 Å². The van der Waals surface area contributed by atoms with Crippen molar-refractivity contribution in [2.75, 3.05) is 19.8 Å². The fourth-order valence-corrected chi connectivity index (χ4v) is 2.70. The van der Waals surface area contributed by atoms with Crippen molar-refractivity contribution in [1.82, 2.24) is 0 Å². The van der Waals surface area contributed by atoms with Gasteiger partial charge in [0.15, 0.2) is 0 Å². The molecule has 2 aromatic rings. The van der Waals surface area contributed by atoms with Gasteiger partial charge in [-0.3, -0.25) is 0 Å². The zero-order valence-electron chi connectivity index (χ0n) is 18.9. The molecule has 184 valence electrons. The van der Waals surface area contributed by atoms with Crippen LogP contribution in [0.1, 0.15) is 55.3 Å². The Morgan fingerprint density at radius 1 is 0.743 bits per heavy atom. The topological polar surface area (TPSA) is 163 Å². The highest BCUT2D eigenvalue weighted by atomic mass is 16.6. The smallest absolute Gasteiger partial charge is 0.339 e. The minimum atomic E-state index is -1.44. The van der Waals surface area contributed by atoms with Gasteiger partial charge in [0.25, 0.3) is 0 Å². The molecule has 0 bridgehead atoms. The molecule has 0 unspecified atom stereocenters. The molecule has 0 aliphatic rings. The second-order valence-electron chi connectivity index (χ2n) is 6.90. The molecule has 2 aromatic carbocycles. The van der Waals surface area contributed by atoms with Crippen molar-refractivity contribution in [1.29, 1.82) is 0 Å². The van der Waals surface area contributed by atoms with E-state index < -0.39 is 35.4 Å². The number of carbonyl (C=O) groups excluding carboxylic acids is 3. The number of ether oxygens (including phenoxy) is 4. The monoisotopic (exact) mass is 486 g/mol. The van der Waals surface area contributed by atoms with E-state index in [2.05, 4.69) is 6.58 Å². The molecular weight excluding hydrogens is 464 g/mol. The molecule has 0 radical (unpaired) electrons. The Morgan fingerprint density at radius 2 is 1.20 bits per heavy atom. The summed E-state index contributed by atoms with van der Waals surface area (Å²) in [5.74, 6) is -5.29. The average molecular weight is 486 g/mol. The molecule has 0 amide bonds. The molecule has 0 fully saturated rings. The van der Waals surface area contributed by atoms with Gasteiger partial charge in [-0.1, -0.05) is 6.58 Å². The Labute approximate surface area is 199 Å². The number of hydrogen-bond acceptors (Lipinski definition) is 9. The van der Waals surface area contributed by atoms with Crippen molar-refractivity contribution in [2.45, 2.75) is 13.8 Å². The second-order valence-corrected chi connectivity index (χ2v) is 6.90. The number of carboxylic acids is 2. The third kappa shape index (κ3) is 7.16. The Hall–Kier alpha value is -4.67. The molecule has 0 saturated heterocycles. The number of rotatable bonds is 11. The van der Waals surface area contributed by atoms with Gasteiger partial charge in [-0.25, -0.2) is 24.0 Å². The van der Waals surface area contributed by atoms with Gasteiger partial charge in [0.2, 0.25) is 0 Å². The van der Waals surface area contributed by atoms with Crippen LogP contribution in [0.2, 0.25) is 0 Å². The van der Waals surface area contributed by atoms with Crippen LogP contribution in [0.4, 0.5) is 0 Å². The quantitative estimate of drug-likeness (QED) is 0.207. The van der Waals surface area contributed by atoms with Crippen LogP contribution in [0.25, 0.3) is 0 Å². The van der Waals surface area contributed by atoms with Gasteiger partial charge >= 0.3 is 29.8 Å². The fraction of sp³-hybridized carbons (Fsp3) is 0.208. The molecule has 0 aromatic heterocycles. The molecular formula is C24H22O11. The highest BCUT2D eigenvalue weighted by molar-refractivity contribution is 6.03. The van der Waals surface area contributed by atoms with Crippen molar-refractivity contribution in [2.24, 2.45) is 0 Å². The van der Waals surface area contributed by atoms with Crippen LogP contribution in [0.3, 0.4) is 0 Å². The van der Waals surface area contributed by atoms with Crippen molar-refractivity contribution >= 4 is 29.8 Å². The number of benzene rings is 2. The Bertz CT molecular complexity index is 1180. The molecule has 11 nitrogen and oxygen atoms in total. The van der Waals surface area contributed by atoms with E-state index in [0.29, 0.717) is 0 Å². The van der Waals surface area contributed by atoms with E-state index in [4.69, 9.17) is 18.9 Å². The third-order valence-corrected chi connectivity index (χ3v) is 4.29. The summed E-state index contributed by atoms with van der Waals surface area (Å²) < 4.78 is 20.1. The molecule has 35 heavy (non-hydrogen) atoms. The first kappa shape index (κ1) is 26.6. The zero-order chi connectivity index (χ0) is 26.1. The van der Waals surface area contributed by atoms with Crippen LogP contribution in [0, 0.1) is 0 Å². The lowest BCUT2D eigenvalue weighted by Gasteiger charge is -2.12. The first-order valence-corrected chi connectivity index (χ1v) is 10.1. The van der Waals surface area contributed by atoms with E-state index in [9.17, 15) is 34.2 Å². The first-order valence-electron chi connectivity index (χ1n) is 10.1. The maximum Gasteiger partial charge on any atom is 0.339 e. The number of carboxylic acid groups (broad SMARTS) is 2. The SMILES string of the molecule is C=C(C)C(=O)OCCOC(=O)c1ccc(Oc2ccc(C(=O)OCC)c(C(=O)O)c2)cc1C(=O)O. The lowest BCUT2D eigenvalue weighted by Crippen LogP contribution is -2.16. The fourth-order valence-electron chi connectivity index (χ4n) is 2.70. The molecule has 0 heterocycles. The van der Waals surface area contributed by atoms with Crippen LogP contribution < -0.4 is 4.74 Å². The summed E-state index contributed by atoms with van der Waals surface area (Å²) in [6.45, 7) is 5.95. The minimum Gasteiger partial charge on any atom is -0.478 e. The highest BCUT2D eigenvalue weighted by Gasteiger charge is 2.21. The summed E-state index contributed by atoms with van der Waals surface area (Å²) in [7, 11) is 0. The van der Waals surface area contributed by atoms with Gasteiger partial charge in [-0.05, 0) is 50.2 Å². The number of aromatic carboxylic acids is 2. The van der Waals surface area contributed by atoms with Crippen LogP contribution in [-0.4, -0.2) is 59.9 Å². The van der Waals surface area contributed by atoms with Crippen molar-refractivity contribution in [3.05, 3.63) is 70.8 Å². The standard InChI is InChI=1S/C24H22O11/c1-4-32-23(30)16-7-5-14(11-18(16)20(25)26)35-15-6-8-17(19(12-15)21(27)28)24(31)34-10-9-33-22(29)13(2)3/h5-8,11-12H,2,4,9-10H2,1,3H3,(H,25,26)(H,27,28). The predicted octanol–water partition coefficient (Wildman–Crippen LogP) is 3.33. The lowest BCUT2D eigenvalue weighted by atomic mass is 10.1. The van der Waals surface area contributed by atoms with Crippen LogP contribution in [0.15, 0.2) is 48.6 Å².